The van der Waals surface area contributed by atoms with Gasteiger partial charge in [0.1, 0.15) is 0 Å². The van der Waals surface area contributed by atoms with Crippen LogP contribution in [0, 0.1) is 6.92 Å². The molecule has 0 spiro atoms. The molecule has 0 fully saturated rings. The summed E-state index contributed by atoms with van der Waals surface area (Å²) in [5, 5.41) is 9.17. The van der Waals surface area contributed by atoms with Crippen molar-refractivity contribution in [3.63, 3.8) is 0 Å². The lowest BCUT2D eigenvalue weighted by molar-refractivity contribution is -0.117. The van der Waals surface area contributed by atoms with Crippen molar-refractivity contribution >= 4 is 33.8 Å². The van der Waals surface area contributed by atoms with E-state index in [2.05, 4.69) is 20.6 Å². The molecule has 6 heteroatoms. The number of nitrogens with zero attached hydrogens (tertiary/aromatic N) is 2. The predicted molar refractivity (Wildman–Crippen MR) is 127 cm³/mol. The quantitative estimate of drug-likeness (QED) is 0.383. The molecule has 0 saturated carbocycles. The number of anilines is 3. The molecule has 1 amide bonds. The fraction of sp³-hybridized carbons (Fsp3) is 0.160. The number of hydrogen-bond donors (Lipinski definition) is 2. The van der Waals surface area contributed by atoms with Crippen LogP contribution in [-0.2, 0) is 11.2 Å². The molecule has 0 aliphatic carbocycles. The fourth-order valence-corrected chi connectivity index (χ4v) is 3.94. The highest BCUT2D eigenvalue weighted by molar-refractivity contribution is 7.13. The lowest BCUT2D eigenvalue weighted by Gasteiger charge is -2.14. The van der Waals surface area contributed by atoms with Gasteiger partial charge in [-0.05, 0) is 73.4 Å². The monoisotopic (exact) mass is 428 g/mol. The van der Waals surface area contributed by atoms with Crippen molar-refractivity contribution in [3.8, 4) is 0 Å². The lowest BCUT2D eigenvalue weighted by atomic mass is 10.00. The Morgan fingerprint density at radius 2 is 1.58 bits per heavy atom. The molecule has 0 saturated heterocycles. The Morgan fingerprint density at radius 1 is 0.935 bits per heavy atom. The number of benzene rings is 2. The standard InChI is InChI=1S/C25H24N4OS/c1-17-16-31-25(27-17)29-23-9-5-21(6-10-23)18(2)24(30)28-22-7-3-19(4-8-22)15-20-11-13-26-14-12-20/h3-14,16,18H,15H2,1-2H3,(H,27,29)(H,28,30). The van der Waals surface area contributed by atoms with Gasteiger partial charge in [-0.2, -0.15) is 0 Å². The Hall–Kier alpha value is -3.51. The number of amides is 1. The minimum absolute atomic E-state index is 0.0295. The third-order valence-corrected chi connectivity index (χ3v) is 5.93. The molecule has 0 aliphatic rings. The van der Waals surface area contributed by atoms with Crippen molar-refractivity contribution in [3.05, 3.63) is 101 Å². The lowest BCUT2D eigenvalue weighted by Crippen LogP contribution is -2.18. The summed E-state index contributed by atoms with van der Waals surface area (Å²) in [6, 6.07) is 19.9. The van der Waals surface area contributed by atoms with Crippen LogP contribution in [0.15, 0.2) is 78.4 Å². The number of aryl methyl sites for hydroxylation is 1. The second-order valence-corrected chi connectivity index (χ2v) is 8.34. The Bertz CT molecular complexity index is 1140. The van der Waals surface area contributed by atoms with Gasteiger partial charge in [0, 0.05) is 29.1 Å². The van der Waals surface area contributed by atoms with Gasteiger partial charge in [0.15, 0.2) is 5.13 Å². The molecule has 1 unspecified atom stereocenters. The van der Waals surface area contributed by atoms with Gasteiger partial charge in [0.05, 0.1) is 11.6 Å². The third kappa shape index (κ3) is 5.55. The minimum atomic E-state index is -0.257. The maximum atomic E-state index is 12.7. The van der Waals surface area contributed by atoms with Gasteiger partial charge in [-0.15, -0.1) is 11.3 Å². The highest BCUT2D eigenvalue weighted by atomic mass is 32.1. The first kappa shape index (κ1) is 20.8. The van der Waals surface area contributed by atoms with Crippen LogP contribution >= 0.6 is 11.3 Å². The Morgan fingerprint density at radius 3 is 2.23 bits per heavy atom. The zero-order valence-electron chi connectivity index (χ0n) is 17.5. The van der Waals surface area contributed by atoms with Gasteiger partial charge < -0.3 is 10.6 Å². The van der Waals surface area contributed by atoms with E-state index in [9.17, 15) is 4.79 Å². The number of rotatable bonds is 7. The molecule has 4 rings (SSSR count). The molecule has 2 heterocycles. The molecule has 31 heavy (non-hydrogen) atoms. The van der Waals surface area contributed by atoms with E-state index in [1.807, 2.05) is 79.9 Å². The van der Waals surface area contributed by atoms with Crippen molar-refractivity contribution in [2.24, 2.45) is 0 Å². The summed E-state index contributed by atoms with van der Waals surface area (Å²) >= 11 is 1.57. The number of hydrogen-bond acceptors (Lipinski definition) is 5. The number of nitrogens with one attached hydrogen (secondary N) is 2. The number of aromatic nitrogens is 2. The van der Waals surface area contributed by atoms with Gasteiger partial charge in [-0.3, -0.25) is 9.78 Å². The molecular weight excluding hydrogens is 404 g/mol. The fourth-order valence-electron chi connectivity index (χ4n) is 3.23. The smallest absolute Gasteiger partial charge is 0.231 e. The van der Waals surface area contributed by atoms with Crippen molar-refractivity contribution in [1.29, 1.82) is 0 Å². The van der Waals surface area contributed by atoms with Crippen molar-refractivity contribution in [2.75, 3.05) is 10.6 Å². The maximum Gasteiger partial charge on any atom is 0.231 e. The molecule has 1 atom stereocenters. The predicted octanol–water partition coefficient (Wildman–Crippen LogP) is 5.92. The number of thiazole rings is 1. The molecule has 0 bridgehead atoms. The highest BCUT2D eigenvalue weighted by Gasteiger charge is 2.15. The van der Waals surface area contributed by atoms with Gasteiger partial charge in [-0.25, -0.2) is 4.98 Å². The first-order valence-electron chi connectivity index (χ1n) is 10.1. The van der Waals surface area contributed by atoms with Crippen LogP contribution in [-0.4, -0.2) is 15.9 Å². The van der Waals surface area contributed by atoms with Gasteiger partial charge in [-0.1, -0.05) is 24.3 Å². The summed E-state index contributed by atoms with van der Waals surface area (Å²) in [7, 11) is 0. The Labute approximate surface area is 186 Å². The molecule has 2 aromatic carbocycles. The summed E-state index contributed by atoms with van der Waals surface area (Å²) in [5.74, 6) is -0.286. The van der Waals surface area contributed by atoms with Crippen LogP contribution in [0.1, 0.15) is 35.2 Å². The molecule has 2 N–H and O–H groups in total. The molecule has 0 radical (unpaired) electrons. The molecular formula is C25H24N4OS. The number of pyridine rings is 1. The van der Waals surface area contributed by atoms with Crippen LogP contribution in [0.3, 0.4) is 0 Å². The first-order chi connectivity index (χ1) is 15.1. The van der Waals surface area contributed by atoms with E-state index in [4.69, 9.17) is 0 Å². The number of carbonyl (C=O) groups excluding carboxylic acids is 1. The molecule has 5 nitrogen and oxygen atoms in total. The molecule has 0 aliphatic heterocycles. The normalized spacial score (nSPS) is 11.7. The molecule has 156 valence electrons. The zero-order chi connectivity index (χ0) is 21.6. The minimum Gasteiger partial charge on any atom is -0.332 e. The van der Waals surface area contributed by atoms with E-state index in [-0.39, 0.29) is 11.8 Å². The Kier molecular flexibility index (Phi) is 6.38. The first-order valence-corrected chi connectivity index (χ1v) is 11.0. The van der Waals surface area contributed by atoms with Crippen molar-refractivity contribution < 1.29 is 4.79 Å². The SMILES string of the molecule is Cc1csc(Nc2ccc(C(C)C(=O)Nc3ccc(Cc4ccncc4)cc3)cc2)n1. The van der Waals surface area contributed by atoms with E-state index < -0.39 is 0 Å². The van der Waals surface area contributed by atoms with E-state index in [0.29, 0.717) is 0 Å². The van der Waals surface area contributed by atoms with Crippen LogP contribution in [0.2, 0.25) is 0 Å². The summed E-state index contributed by atoms with van der Waals surface area (Å²) in [6.07, 6.45) is 4.44. The van der Waals surface area contributed by atoms with E-state index in [1.54, 1.807) is 23.7 Å². The van der Waals surface area contributed by atoms with E-state index in [1.165, 1.54) is 11.1 Å². The second kappa shape index (κ2) is 9.53. The summed E-state index contributed by atoms with van der Waals surface area (Å²) in [4.78, 5) is 21.2. The van der Waals surface area contributed by atoms with E-state index >= 15 is 0 Å². The second-order valence-electron chi connectivity index (χ2n) is 7.48. The molecule has 2 aromatic heterocycles. The summed E-state index contributed by atoms with van der Waals surface area (Å²) in [6.45, 7) is 3.89. The molecule has 4 aromatic rings. The van der Waals surface area contributed by atoms with Gasteiger partial charge >= 0.3 is 0 Å². The summed E-state index contributed by atoms with van der Waals surface area (Å²) in [5.41, 5.74) is 6.12. The average molecular weight is 429 g/mol. The van der Waals surface area contributed by atoms with E-state index in [0.717, 1.165) is 34.2 Å². The number of carbonyl (C=O) groups is 1. The summed E-state index contributed by atoms with van der Waals surface area (Å²) < 4.78 is 0. The largest absolute Gasteiger partial charge is 0.332 e. The topological polar surface area (TPSA) is 66.9 Å². The van der Waals surface area contributed by atoms with Crippen molar-refractivity contribution in [2.45, 2.75) is 26.2 Å². The van der Waals surface area contributed by atoms with Crippen LogP contribution in [0.5, 0.6) is 0 Å². The van der Waals surface area contributed by atoms with Crippen molar-refractivity contribution in [1.82, 2.24) is 9.97 Å². The van der Waals surface area contributed by atoms with Gasteiger partial charge in [0.25, 0.3) is 0 Å². The van der Waals surface area contributed by atoms with Gasteiger partial charge in [0.2, 0.25) is 5.91 Å². The maximum absolute atomic E-state index is 12.7. The van der Waals surface area contributed by atoms with Crippen LogP contribution in [0.25, 0.3) is 0 Å². The Balaban J connectivity index is 1.34. The average Bonchev–Trinajstić information content (AvgIpc) is 3.20. The van der Waals surface area contributed by atoms with Crippen LogP contribution < -0.4 is 10.6 Å². The highest BCUT2D eigenvalue weighted by Crippen LogP contribution is 2.24. The zero-order valence-corrected chi connectivity index (χ0v) is 18.3. The van der Waals surface area contributed by atoms with Crippen LogP contribution in [0.4, 0.5) is 16.5 Å². The third-order valence-electron chi connectivity index (χ3n) is 5.05.